The Kier molecular flexibility index (Phi) is 4.61. The van der Waals surface area contributed by atoms with Crippen LogP contribution in [0.3, 0.4) is 0 Å². The zero-order chi connectivity index (χ0) is 19.0. The second kappa shape index (κ2) is 6.94. The Morgan fingerprint density at radius 1 is 1.26 bits per heavy atom. The first-order valence-electron chi connectivity index (χ1n) is 8.98. The van der Waals surface area contributed by atoms with Crippen molar-refractivity contribution in [3.8, 4) is 0 Å². The molecule has 142 valence electrons. The van der Waals surface area contributed by atoms with E-state index in [1.165, 1.54) is 0 Å². The maximum Gasteiger partial charge on any atom is 0.329 e. The summed E-state index contributed by atoms with van der Waals surface area (Å²) in [7, 11) is 0. The van der Waals surface area contributed by atoms with E-state index in [2.05, 4.69) is 15.5 Å². The minimum absolute atomic E-state index is 0.312. The predicted molar refractivity (Wildman–Crippen MR) is 98.2 cm³/mol. The van der Waals surface area contributed by atoms with E-state index in [1.54, 1.807) is 24.3 Å². The molecule has 1 unspecified atom stereocenters. The van der Waals surface area contributed by atoms with E-state index in [9.17, 15) is 9.59 Å². The number of benzene rings is 1. The van der Waals surface area contributed by atoms with Crippen molar-refractivity contribution in [3.63, 3.8) is 0 Å². The number of imide groups is 1. The highest BCUT2D eigenvalue weighted by Gasteiger charge is 2.39. The first-order chi connectivity index (χ1) is 13.0. The number of nitrogens with one attached hydrogen (secondary N) is 1. The first kappa shape index (κ1) is 17.9. The predicted octanol–water partition coefficient (Wildman–Crippen LogP) is 2.51. The van der Waals surface area contributed by atoms with E-state index in [4.69, 9.17) is 21.9 Å². The molecule has 1 aliphatic heterocycles. The number of rotatable bonds is 5. The van der Waals surface area contributed by atoms with Gasteiger partial charge in [0.05, 0.1) is 11.2 Å². The fraction of sp³-hybridized carbons (Fsp3) is 0.444. The molecule has 4 rings (SSSR count). The summed E-state index contributed by atoms with van der Waals surface area (Å²) in [4.78, 5) is 30.3. The summed E-state index contributed by atoms with van der Waals surface area (Å²) in [5.41, 5.74) is 6.31. The van der Waals surface area contributed by atoms with E-state index in [0.717, 1.165) is 30.6 Å². The maximum absolute atomic E-state index is 12.6. The second-order valence-corrected chi connectivity index (χ2v) is 7.50. The molecule has 1 saturated heterocycles. The van der Waals surface area contributed by atoms with Crippen LogP contribution < -0.4 is 16.0 Å². The Labute approximate surface area is 161 Å². The largest absolute Gasteiger partial charge is 0.339 e. The van der Waals surface area contributed by atoms with Gasteiger partial charge < -0.3 is 15.6 Å². The van der Waals surface area contributed by atoms with Gasteiger partial charge in [0.15, 0.2) is 5.82 Å². The molecule has 0 spiro atoms. The van der Waals surface area contributed by atoms with Crippen molar-refractivity contribution in [2.75, 3.05) is 4.90 Å². The van der Waals surface area contributed by atoms with E-state index in [-0.39, 0.29) is 5.91 Å². The van der Waals surface area contributed by atoms with Crippen molar-refractivity contribution in [2.24, 2.45) is 5.73 Å². The van der Waals surface area contributed by atoms with E-state index >= 15 is 0 Å². The van der Waals surface area contributed by atoms with Crippen LogP contribution in [-0.2, 0) is 16.8 Å². The van der Waals surface area contributed by atoms with Crippen LogP contribution in [0.1, 0.15) is 43.8 Å². The first-order valence-corrected chi connectivity index (χ1v) is 9.36. The quantitative estimate of drug-likeness (QED) is 0.759. The number of carbonyl (C=O) groups excluding carboxylic acids is 2. The Hall–Kier alpha value is -2.45. The number of aromatic nitrogens is 2. The highest BCUT2D eigenvalue weighted by molar-refractivity contribution is 6.30. The Morgan fingerprint density at radius 3 is 2.67 bits per heavy atom. The number of hydrogen-bond acceptors (Lipinski definition) is 6. The minimum Gasteiger partial charge on any atom is -0.339 e. The smallest absolute Gasteiger partial charge is 0.329 e. The number of hydrogen-bond donors (Lipinski definition) is 2. The van der Waals surface area contributed by atoms with Crippen molar-refractivity contribution >= 4 is 29.2 Å². The number of nitrogens with two attached hydrogens (primary N) is 1. The van der Waals surface area contributed by atoms with Gasteiger partial charge in [0.25, 0.3) is 5.91 Å². The summed E-state index contributed by atoms with van der Waals surface area (Å²) < 4.78 is 5.30. The summed E-state index contributed by atoms with van der Waals surface area (Å²) in [6.45, 7) is 0. The lowest BCUT2D eigenvalue weighted by atomic mass is 9.99. The SMILES string of the molecule is NC1(c2noc(CCC3NC(=O)N(c4ccc(Cl)cc4)C3=O)n2)CCCC1. The Morgan fingerprint density at radius 2 is 1.96 bits per heavy atom. The number of nitrogens with zero attached hydrogens (tertiary/aromatic N) is 3. The Bertz CT molecular complexity index is 860. The Balaban J connectivity index is 1.40. The number of anilines is 1. The molecule has 3 N–H and O–H groups in total. The van der Waals surface area contributed by atoms with Crippen molar-refractivity contribution in [1.82, 2.24) is 15.5 Å². The highest BCUT2D eigenvalue weighted by atomic mass is 35.5. The molecule has 3 amide bonds. The summed E-state index contributed by atoms with van der Waals surface area (Å²) in [6.07, 6.45) is 4.56. The third kappa shape index (κ3) is 3.42. The van der Waals surface area contributed by atoms with Crippen LogP contribution in [0.25, 0.3) is 0 Å². The van der Waals surface area contributed by atoms with Crippen LogP contribution in [0.5, 0.6) is 0 Å². The van der Waals surface area contributed by atoms with Crippen LogP contribution in [0, 0.1) is 0 Å². The number of carbonyl (C=O) groups is 2. The topological polar surface area (TPSA) is 114 Å². The number of amides is 3. The lowest BCUT2D eigenvalue weighted by Crippen LogP contribution is -2.34. The number of urea groups is 1. The third-order valence-corrected chi connectivity index (χ3v) is 5.41. The molecule has 0 radical (unpaired) electrons. The summed E-state index contributed by atoms with van der Waals surface area (Å²) >= 11 is 5.86. The number of halogens is 1. The van der Waals surface area contributed by atoms with E-state index in [0.29, 0.717) is 35.3 Å². The van der Waals surface area contributed by atoms with Crippen LogP contribution in [0.15, 0.2) is 28.8 Å². The van der Waals surface area contributed by atoms with Gasteiger partial charge in [0, 0.05) is 11.4 Å². The highest BCUT2D eigenvalue weighted by Crippen LogP contribution is 2.34. The standard InChI is InChI=1S/C18H20ClN5O3/c19-11-3-5-12(6-4-11)24-15(25)13(21-17(24)26)7-8-14-22-16(23-27-14)18(20)9-1-2-10-18/h3-6,13H,1-2,7-10,20H2,(H,21,26). The van der Waals surface area contributed by atoms with E-state index in [1.807, 2.05) is 0 Å². The second-order valence-electron chi connectivity index (χ2n) is 7.07. The molecular formula is C18H20ClN5O3. The van der Waals surface area contributed by atoms with Crippen LogP contribution >= 0.6 is 11.6 Å². The van der Waals surface area contributed by atoms with Crippen LogP contribution in [-0.4, -0.2) is 28.1 Å². The zero-order valence-corrected chi connectivity index (χ0v) is 15.4. The van der Waals surface area contributed by atoms with Gasteiger partial charge in [-0.3, -0.25) is 4.79 Å². The molecule has 1 aromatic heterocycles. The summed E-state index contributed by atoms with van der Waals surface area (Å²) in [5.74, 6) is 0.640. The molecule has 9 heteroatoms. The third-order valence-electron chi connectivity index (χ3n) is 5.16. The molecule has 0 bridgehead atoms. The number of aryl methyl sites for hydroxylation is 1. The molecular weight excluding hydrogens is 370 g/mol. The van der Waals surface area contributed by atoms with Crippen LogP contribution in [0.2, 0.25) is 5.02 Å². The molecule has 2 heterocycles. The maximum atomic E-state index is 12.6. The molecule has 2 aromatic rings. The summed E-state index contributed by atoms with van der Waals surface area (Å²) in [5, 5.41) is 7.25. The molecule has 1 atom stereocenters. The van der Waals surface area contributed by atoms with Gasteiger partial charge in [0.2, 0.25) is 5.89 Å². The van der Waals surface area contributed by atoms with Crippen molar-refractivity contribution in [2.45, 2.75) is 50.1 Å². The van der Waals surface area contributed by atoms with Gasteiger partial charge in [-0.1, -0.05) is 29.6 Å². The average Bonchev–Trinajstić information content (AvgIpc) is 3.35. The van der Waals surface area contributed by atoms with Crippen LogP contribution in [0.4, 0.5) is 10.5 Å². The van der Waals surface area contributed by atoms with E-state index < -0.39 is 17.6 Å². The molecule has 2 fully saturated rings. The van der Waals surface area contributed by atoms with Crippen molar-refractivity contribution in [3.05, 3.63) is 41.0 Å². The normalized spacial score (nSPS) is 21.7. The summed E-state index contributed by atoms with van der Waals surface area (Å²) in [6, 6.07) is 5.45. The minimum atomic E-state index is -0.637. The lowest BCUT2D eigenvalue weighted by Gasteiger charge is -2.17. The molecule has 1 saturated carbocycles. The van der Waals surface area contributed by atoms with Crippen molar-refractivity contribution in [1.29, 1.82) is 0 Å². The van der Waals surface area contributed by atoms with Gasteiger partial charge in [-0.25, -0.2) is 9.69 Å². The zero-order valence-electron chi connectivity index (χ0n) is 14.7. The molecule has 27 heavy (non-hydrogen) atoms. The molecule has 2 aliphatic rings. The van der Waals surface area contributed by atoms with Crippen molar-refractivity contribution < 1.29 is 14.1 Å². The van der Waals surface area contributed by atoms with Gasteiger partial charge in [-0.2, -0.15) is 4.98 Å². The van der Waals surface area contributed by atoms with Gasteiger partial charge >= 0.3 is 6.03 Å². The van der Waals surface area contributed by atoms with Gasteiger partial charge in [-0.05, 0) is 43.5 Å². The fourth-order valence-corrected chi connectivity index (χ4v) is 3.74. The molecule has 8 nitrogen and oxygen atoms in total. The molecule has 1 aliphatic carbocycles. The molecule has 1 aromatic carbocycles. The lowest BCUT2D eigenvalue weighted by molar-refractivity contribution is -0.118. The average molecular weight is 390 g/mol. The van der Waals surface area contributed by atoms with Gasteiger partial charge in [-0.15, -0.1) is 0 Å². The monoisotopic (exact) mass is 389 g/mol. The van der Waals surface area contributed by atoms with Gasteiger partial charge in [0.1, 0.15) is 6.04 Å². The fourth-order valence-electron chi connectivity index (χ4n) is 3.62.